The number of alkyl halides is 1. The highest BCUT2D eigenvalue weighted by atomic mass is 79.9. The third-order valence-corrected chi connectivity index (χ3v) is 3.95. The Hall–Kier alpha value is -0.870. The predicted molar refractivity (Wildman–Crippen MR) is 79.5 cm³/mol. The van der Waals surface area contributed by atoms with Gasteiger partial charge in [-0.05, 0) is 43.5 Å². The highest BCUT2D eigenvalue weighted by Gasteiger charge is 2.20. The van der Waals surface area contributed by atoms with Gasteiger partial charge in [-0.25, -0.2) is 0 Å². The van der Waals surface area contributed by atoms with E-state index in [1.54, 1.807) is 0 Å². The lowest BCUT2D eigenvalue weighted by molar-refractivity contribution is 0.0706. The van der Waals surface area contributed by atoms with Crippen LogP contribution in [-0.4, -0.2) is 28.7 Å². The Kier molecular flexibility index (Phi) is 4.99. The van der Waals surface area contributed by atoms with Gasteiger partial charge < -0.3 is 9.64 Å². The average Bonchev–Trinajstić information content (AvgIpc) is 2.85. The molecule has 0 saturated heterocycles. The van der Waals surface area contributed by atoms with Crippen molar-refractivity contribution in [3.8, 4) is 0 Å². The zero-order valence-corrected chi connectivity index (χ0v) is 13.1. The second kappa shape index (κ2) is 6.53. The van der Waals surface area contributed by atoms with Gasteiger partial charge in [0.15, 0.2) is 0 Å². The maximum atomic E-state index is 12.6. The number of amides is 1. The SMILES string of the molecule is CC(C)N(CCCBr)C(=O)c1ccc2c(c1)COC2. The summed E-state index contributed by atoms with van der Waals surface area (Å²) < 4.78 is 5.39. The molecule has 1 amide bonds. The number of nitrogens with zero attached hydrogens (tertiary/aromatic N) is 1. The second-order valence-electron chi connectivity index (χ2n) is 5.11. The number of hydrogen-bond donors (Lipinski definition) is 0. The Morgan fingerprint density at radius 2 is 2.11 bits per heavy atom. The topological polar surface area (TPSA) is 29.5 Å². The molecular formula is C15H20BrNO2. The van der Waals surface area contributed by atoms with Gasteiger partial charge in [0.25, 0.3) is 5.91 Å². The van der Waals surface area contributed by atoms with E-state index in [2.05, 4.69) is 29.8 Å². The molecule has 0 radical (unpaired) electrons. The second-order valence-corrected chi connectivity index (χ2v) is 5.90. The molecule has 0 unspecified atom stereocenters. The molecule has 0 spiro atoms. The highest BCUT2D eigenvalue weighted by Crippen LogP contribution is 2.22. The maximum absolute atomic E-state index is 12.6. The molecule has 3 nitrogen and oxygen atoms in total. The normalized spacial score (nSPS) is 13.7. The minimum absolute atomic E-state index is 0.116. The molecule has 1 aliphatic rings. The number of halogens is 1. The van der Waals surface area contributed by atoms with Crippen LogP contribution >= 0.6 is 15.9 Å². The number of rotatable bonds is 5. The maximum Gasteiger partial charge on any atom is 0.254 e. The van der Waals surface area contributed by atoms with E-state index in [1.807, 2.05) is 23.1 Å². The van der Waals surface area contributed by atoms with E-state index in [1.165, 1.54) is 5.56 Å². The van der Waals surface area contributed by atoms with Crippen molar-refractivity contribution in [2.45, 2.75) is 39.5 Å². The van der Waals surface area contributed by atoms with Crippen molar-refractivity contribution in [3.63, 3.8) is 0 Å². The van der Waals surface area contributed by atoms with E-state index < -0.39 is 0 Å². The molecule has 0 aliphatic carbocycles. The summed E-state index contributed by atoms with van der Waals surface area (Å²) in [5.41, 5.74) is 3.12. The third-order valence-electron chi connectivity index (χ3n) is 3.39. The van der Waals surface area contributed by atoms with Crippen LogP contribution in [-0.2, 0) is 18.0 Å². The van der Waals surface area contributed by atoms with Crippen molar-refractivity contribution < 1.29 is 9.53 Å². The van der Waals surface area contributed by atoms with Gasteiger partial charge in [0.2, 0.25) is 0 Å². The average molecular weight is 326 g/mol. The molecule has 0 N–H and O–H groups in total. The molecule has 1 heterocycles. The standard InChI is InChI=1S/C15H20BrNO2/c1-11(2)17(7-3-6-16)15(18)12-4-5-13-9-19-10-14(13)8-12/h4-5,8,11H,3,6-7,9-10H2,1-2H3. The number of hydrogen-bond acceptors (Lipinski definition) is 2. The van der Waals surface area contributed by atoms with Crippen molar-refractivity contribution in [2.24, 2.45) is 0 Å². The zero-order valence-electron chi connectivity index (χ0n) is 11.5. The fraction of sp³-hybridized carbons (Fsp3) is 0.533. The van der Waals surface area contributed by atoms with E-state index >= 15 is 0 Å². The number of carbonyl (C=O) groups is 1. The fourth-order valence-electron chi connectivity index (χ4n) is 2.30. The smallest absolute Gasteiger partial charge is 0.254 e. The number of benzene rings is 1. The van der Waals surface area contributed by atoms with Crippen molar-refractivity contribution in [1.29, 1.82) is 0 Å². The molecule has 0 aromatic heterocycles. The summed E-state index contributed by atoms with van der Waals surface area (Å²) in [7, 11) is 0. The summed E-state index contributed by atoms with van der Waals surface area (Å²) in [6.07, 6.45) is 0.970. The monoisotopic (exact) mass is 325 g/mol. The van der Waals surface area contributed by atoms with Gasteiger partial charge in [-0.3, -0.25) is 4.79 Å². The molecule has 1 aromatic rings. The molecule has 19 heavy (non-hydrogen) atoms. The van der Waals surface area contributed by atoms with E-state index in [-0.39, 0.29) is 11.9 Å². The highest BCUT2D eigenvalue weighted by molar-refractivity contribution is 9.09. The molecule has 0 bridgehead atoms. The largest absolute Gasteiger partial charge is 0.372 e. The van der Waals surface area contributed by atoms with Crippen LogP contribution in [0.4, 0.5) is 0 Å². The Labute approximate surface area is 123 Å². The zero-order chi connectivity index (χ0) is 13.8. The summed E-state index contributed by atoms with van der Waals surface area (Å²) in [6, 6.07) is 6.13. The van der Waals surface area contributed by atoms with Gasteiger partial charge in [0, 0.05) is 23.5 Å². The first kappa shape index (κ1) is 14.5. The summed E-state index contributed by atoms with van der Waals surface area (Å²) in [6.45, 7) is 6.20. The minimum atomic E-state index is 0.116. The van der Waals surface area contributed by atoms with Gasteiger partial charge in [-0.15, -0.1) is 0 Å². The van der Waals surface area contributed by atoms with E-state index in [4.69, 9.17) is 4.74 Å². The first-order chi connectivity index (χ1) is 9.13. The lowest BCUT2D eigenvalue weighted by Gasteiger charge is -2.26. The van der Waals surface area contributed by atoms with Crippen LogP contribution in [0, 0.1) is 0 Å². The Bertz CT molecular complexity index is 459. The molecular weight excluding hydrogens is 306 g/mol. The van der Waals surface area contributed by atoms with Crippen molar-refractivity contribution in [2.75, 3.05) is 11.9 Å². The lowest BCUT2D eigenvalue weighted by atomic mass is 10.0. The van der Waals surface area contributed by atoms with Crippen LogP contribution < -0.4 is 0 Å². The Balaban J connectivity index is 2.16. The Morgan fingerprint density at radius 1 is 1.37 bits per heavy atom. The predicted octanol–water partition coefficient (Wildman–Crippen LogP) is 3.35. The molecule has 2 rings (SSSR count). The summed E-state index contributed by atoms with van der Waals surface area (Å²) >= 11 is 3.42. The van der Waals surface area contributed by atoms with Gasteiger partial charge in [0.05, 0.1) is 13.2 Å². The summed E-state index contributed by atoms with van der Waals surface area (Å²) in [5.74, 6) is 0.116. The molecule has 104 valence electrons. The third kappa shape index (κ3) is 3.37. The number of carbonyl (C=O) groups excluding carboxylic acids is 1. The molecule has 1 aliphatic heterocycles. The minimum Gasteiger partial charge on any atom is -0.372 e. The first-order valence-corrected chi connectivity index (χ1v) is 7.82. The quantitative estimate of drug-likeness (QED) is 0.777. The number of fused-ring (bicyclic) bond motifs is 1. The first-order valence-electron chi connectivity index (χ1n) is 6.70. The van der Waals surface area contributed by atoms with Crippen LogP contribution in [0.25, 0.3) is 0 Å². The van der Waals surface area contributed by atoms with Crippen LogP contribution in [0.3, 0.4) is 0 Å². The van der Waals surface area contributed by atoms with E-state index in [0.717, 1.165) is 29.4 Å². The van der Waals surface area contributed by atoms with Gasteiger partial charge in [-0.2, -0.15) is 0 Å². The van der Waals surface area contributed by atoms with Crippen LogP contribution in [0.5, 0.6) is 0 Å². The van der Waals surface area contributed by atoms with Crippen LogP contribution in [0.2, 0.25) is 0 Å². The van der Waals surface area contributed by atoms with Crippen molar-refractivity contribution in [3.05, 3.63) is 34.9 Å². The van der Waals surface area contributed by atoms with Gasteiger partial charge >= 0.3 is 0 Å². The van der Waals surface area contributed by atoms with Gasteiger partial charge in [0.1, 0.15) is 0 Å². The number of ether oxygens (including phenoxy) is 1. The van der Waals surface area contributed by atoms with Crippen molar-refractivity contribution >= 4 is 21.8 Å². The summed E-state index contributed by atoms with van der Waals surface area (Å²) in [5, 5.41) is 0.918. The van der Waals surface area contributed by atoms with Crippen LogP contribution in [0.15, 0.2) is 18.2 Å². The fourth-order valence-corrected chi connectivity index (χ4v) is 2.55. The van der Waals surface area contributed by atoms with E-state index in [9.17, 15) is 4.79 Å². The van der Waals surface area contributed by atoms with Crippen LogP contribution in [0.1, 0.15) is 41.8 Å². The molecule has 0 atom stereocenters. The van der Waals surface area contributed by atoms with Gasteiger partial charge in [-0.1, -0.05) is 22.0 Å². The molecule has 1 aromatic carbocycles. The summed E-state index contributed by atoms with van der Waals surface area (Å²) in [4.78, 5) is 14.5. The van der Waals surface area contributed by atoms with Crippen molar-refractivity contribution in [1.82, 2.24) is 4.90 Å². The molecule has 0 fully saturated rings. The Morgan fingerprint density at radius 3 is 2.79 bits per heavy atom. The molecule has 4 heteroatoms. The lowest BCUT2D eigenvalue weighted by Crippen LogP contribution is -2.37. The van der Waals surface area contributed by atoms with E-state index in [0.29, 0.717) is 13.2 Å². The molecule has 0 saturated carbocycles.